The normalized spacial score (nSPS) is 11.1. The number of hydrogen-bond donors (Lipinski definition) is 2. The smallest absolute Gasteiger partial charge is 0.231 e. The van der Waals surface area contributed by atoms with Gasteiger partial charge in [-0.2, -0.15) is 0 Å². The van der Waals surface area contributed by atoms with Crippen molar-refractivity contribution < 1.29 is 9.53 Å². The summed E-state index contributed by atoms with van der Waals surface area (Å²) in [5.74, 6) is 0.948. The Hall–Kier alpha value is -1.59. The van der Waals surface area contributed by atoms with Gasteiger partial charge in [-0.15, -0.1) is 0 Å². The third-order valence-electron chi connectivity index (χ3n) is 2.98. The summed E-state index contributed by atoms with van der Waals surface area (Å²) in [5.41, 5.74) is 13.0. The average Bonchev–Trinajstić information content (AvgIpc) is 2.36. The third kappa shape index (κ3) is 5.19. The molecule has 0 atom stereocenters. The molecule has 0 spiro atoms. The number of carbonyl (C=O) groups excluding carboxylic acids is 1. The average molecular weight is 279 g/mol. The Balaban J connectivity index is 2.84. The summed E-state index contributed by atoms with van der Waals surface area (Å²) in [6, 6.07) is 5.95. The van der Waals surface area contributed by atoms with Gasteiger partial charge in [0.2, 0.25) is 5.91 Å². The molecule has 1 rings (SSSR count). The molecular weight excluding hydrogens is 254 g/mol. The zero-order valence-corrected chi connectivity index (χ0v) is 12.6. The maximum absolute atomic E-state index is 11.1. The van der Waals surface area contributed by atoms with Gasteiger partial charge in [0, 0.05) is 25.2 Å². The Morgan fingerprint density at radius 3 is 2.60 bits per heavy atom. The van der Waals surface area contributed by atoms with Gasteiger partial charge in [-0.05, 0) is 17.5 Å². The fourth-order valence-electron chi connectivity index (χ4n) is 2.24. The lowest BCUT2D eigenvalue weighted by Gasteiger charge is -2.23. The highest BCUT2D eigenvalue weighted by molar-refractivity contribution is 5.75. The topological polar surface area (TPSA) is 81.6 Å². The Morgan fingerprint density at radius 1 is 1.40 bits per heavy atom. The number of methoxy groups -OCH3 is 1. The van der Waals surface area contributed by atoms with Crippen LogP contribution in [0.5, 0.6) is 5.75 Å². The molecule has 4 N–H and O–H groups in total. The Bertz CT molecular complexity index is 447. The van der Waals surface area contributed by atoms with Crippen LogP contribution in [-0.4, -0.2) is 31.0 Å². The van der Waals surface area contributed by atoms with Gasteiger partial charge in [-0.3, -0.25) is 9.69 Å². The van der Waals surface area contributed by atoms with Crippen LogP contribution in [-0.2, 0) is 17.9 Å². The van der Waals surface area contributed by atoms with Crippen LogP contribution < -0.4 is 16.2 Å². The standard InChI is InChI=1S/C15H25N3O2/c1-11(2)8-18(10-15(17)19)9-12-4-5-13(7-16)14(6-12)20-3/h4-6,11H,7-10,16H2,1-3H3,(H2,17,19). The fraction of sp³-hybridized carbons (Fsp3) is 0.533. The van der Waals surface area contributed by atoms with Crippen molar-refractivity contribution in [2.24, 2.45) is 17.4 Å². The molecule has 0 aromatic heterocycles. The minimum Gasteiger partial charge on any atom is -0.496 e. The highest BCUT2D eigenvalue weighted by atomic mass is 16.5. The first kappa shape index (κ1) is 16.5. The molecule has 0 saturated heterocycles. The summed E-state index contributed by atoms with van der Waals surface area (Å²) in [4.78, 5) is 13.2. The second kappa shape index (κ2) is 7.87. The van der Waals surface area contributed by atoms with Crippen molar-refractivity contribution in [2.45, 2.75) is 26.9 Å². The lowest BCUT2D eigenvalue weighted by molar-refractivity contribution is -0.119. The molecule has 0 heterocycles. The molecule has 112 valence electrons. The highest BCUT2D eigenvalue weighted by Crippen LogP contribution is 2.20. The van der Waals surface area contributed by atoms with E-state index in [1.807, 2.05) is 23.1 Å². The van der Waals surface area contributed by atoms with Gasteiger partial charge < -0.3 is 16.2 Å². The lowest BCUT2D eigenvalue weighted by Crippen LogP contribution is -2.35. The van der Waals surface area contributed by atoms with Crippen molar-refractivity contribution in [3.63, 3.8) is 0 Å². The van der Waals surface area contributed by atoms with E-state index in [0.29, 0.717) is 19.0 Å². The molecule has 0 unspecified atom stereocenters. The van der Waals surface area contributed by atoms with Crippen LogP contribution in [0.4, 0.5) is 0 Å². The lowest BCUT2D eigenvalue weighted by atomic mass is 10.1. The number of primary amides is 1. The SMILES string of the molecule is COc1cc(CN(CC(N)=O)CC(C)C)ccc1CN. The summed E-state index contributed by atoms with van der Waals surface area (Å²) in [7, 11) is 1.63. The van der Waals surface area contributed by atoms with E-state index in [1.54, 1.807) is 7.11 Å². The summed E-state index contributed by atoms with van der Waals surface area (Å²) in [6.07, 6.45) is 0. The monoisotopic (exact) mass is 279 g/mol. The number of ether oxygens (including phenoxy) is 1. The number of rotatable bonds is 8. The molecular formula is C15H25N3O2. The first-order valence-corrected chi connectivity index (χ1v) is 6.82. The first-order valence-electron chi connectivity index (χ1n) is 6.82. The summed E-state index contributed by atoms with van der Waals surface area (Å²) >= 11 is 0. The van der Waals surface area contributed by atoms with Gasteiger partial charge in [0.05, 0.1) is 13.7 Å². The van der Waals surface area contributed by atoms with Crippen molar-refractivity contribution >= 4 is 5.91 Å². The van der Waals surface area contributed by atoms with E-state index in [2.05, 4.69) is 13.8 Å². The van der Waals surface area contributed by atoms with Gasteiger partial charge in [0.25, 0.3) is 0 Å². The van der Waals surface area contributed by atoms with Crippen LogP contribution in [0, 0.1) is 5.92 Å². The van der Waals surface area contributed by atoms with Gasteiger partial charge >= 0.3 is 0 Å². The van der Waals surface area contributed by atoms with E-state index in [9.17, 15) is 4.79 Å². The van der Waals surface area contributed by atoms with Crippen LogP contribution in [0.1, 0.15) is 25.0 Å². The van der Waals surface area contributed by atoms with Crippen molar-refractivity contribution in [2.75, 3.05) is 20.2 Å². The number of nitrogens with two attached hydrogens (primary N) is 2. The third-order valence-corrected chi connectivity index (χ3v) is 2.98. The molecule has 0 aliphatic heterocycles. The number of amides is 1. The number of carbonyl (C=O) groups is 1. The second-order valence-corrected chi connectivity index (χ2v) is 5.38. The van der Waals surface area contributed by atoms with E-state index in [4.69, 9.17) is 16.2 Å². The number of hydrogen-bond acceptors (Lipinski definition) is 4. The van der Waals surface area contributed by atoms with Gasteiger partial charge in [-0.1, -0.05) is 26.0 Å². The molecule has 0 bridgehead atoms. The molecule has 0 saturated carbocycles. The Kier molecular flexibility index (Phi) is 6.48. The van der Waals surface area contributed by atoms with Crippen LogP contribution >= 0.6 is 0 Å². The van der Waals surface area contributed by atoms with Crippen LogP contribution in [0.3, 0.4) is 0 Å². The molecule has 1 aromatic carbocycles. The molecule has 0 aliphatic carbocycles. The zero-order valence-electron chi connectivity index (χ0n) is 12.6. The molecule has 5 nitrogen and oxygen atoms in total. The van der Waals surface area contributed by atoms with Crippen LogP contribution in [0.15, 0.2) is 18.2 Å². The summed E-state index contributed by atoms with van der Waals surface area (Å²) < 4.78 is 5.33. The predicted octanol–water partition coefficient (Wildman–Crippen LogP) is 1.10. The minimum atomic E-state index is -0.309. The van der Waals surface area contributed by atoms with Gasteiger partial charge in [0.1, 0.15) is 5.75 Å². The Morgan fingerprint density at radius 2 is 2.10 bits per heavy atom. The van der Waals surface area contributed by atoms with E-state index < -0.39 is 0 Å². The van der Waals surface area contributed by atoms with Gasteiger partial charge in [0.15, 0.2) is 0 Å². The first-order chi connectivity index (χ1) is 9.46. The second-order valence-electron chi connectivity index (χ2n) is 5.38. The molecule has 1 aromatic rings. The quantitative estimate of drug-likeness (QED) is 0.746. The number of nitrogens with zero attached hydrogens (tertiary/aromatic N) is 1. The van der Waals surface area contributed by atoms with Crippen LogP contribution in [0.25, 0.3) is 0 Å². The molecule has 20 heavy (non-hydrogen) atoms. The largest absolute Gasteiger partial charge is 0.496 e. The van der Waals surface area contributed by atoms with Gasteiger partial charge in [-0.25, -0.2) is 0 Å². The van der Waals surface area contributed by atoms with E-state index in [-0.39, 0.29) is 12.5 Å². The van der Waals surface area contributed by atoms with Crippen molar-refractivity contribution in [1.29, 1.82) is 0 Å². The summed E-state index contributed by atoms with van der Waals surface area (Å²) in [5, 5.41) is 0. The van der Waals surface area contributed by atoms with Crippen molar-refractivity contribution in [3.8, 4) is 5.75 Å². The predicted molar refractivity (Wildman–Crippen MR) is 80.2 cm³/mol. The maximum Gasteiger partial charge on any atom is 0.231 e. The maximum atomic E-state index is 11.1. The Labute approximate surface area is 120 Å². The number of benzene rings is 1. The van der Waals surface area contributed by atoms with E-state index in [1.165, 1.54) is 0 Å². The van der Waals surface area contributed by atoms with E-state index in [0.717, 1.165) is 23.4 Å². The molecule has 0 aliphatic rings. The molecule has 5 heteroatoms. The molecule has 1 amide bonds. The van der Waals surface area contributed by atoms with Crippen molar-refractivity contribution in [3.05, 3.63) is 29.3 Å². The minimum absolute atomic E-state index is 0.263. The van der Waals surface area contributed by atoms with Crippen molar-refractivity contribution in [1.82, 2.24) is 4.90 Å². The fourth-order valence-corrected chi connectivity index (χ4v) is 2.24. The molecule has 0 fully saturated rings. The zero-order chi connectivity index (χ0) is 15.1. The summed E-state index contributed by atoms with van der Waals surface area (Å²) in [6.45, 7) is 6.43. The molecule has 0 radical (unpaired) electrons. The van der Waals surface area contributed by atoms with Crippen LogP contribution in [0.2, 0.25) is 0 Å². The highest BCUT2D eigenvalue weighted by Gasteiger charge is 2.12. The van der Waals surface area contributed by atoms with E-state index >= 15 is 0 Å².